The average molecular weight is 452 g/mol. The summed E-state index contributed by atoms with van der Waals surface area (Å²) < 4.78 is 1.77. The molecule has 33 heavy (non-hydrogen) atoms. The first-order chi connectivity index (χ1) is 16.3. The lowest BCUT2D eigenvalue weighted by atomic mass is 9.93. The standard InChI is InChI=1S/C28H25N3OS/c32-28-26-24-14-13-22(29-16-19-7-2-1-3-8-19)15-25(24)33-27(26)30-18-31(28)17-21-11-6-10-20-9-4-5-12-23(20)21/h1-12,18,22,29H,13-17H2. The summed E-state index contributed by atoms with van der Waals surface area (Å²) >= 11 is 1.69. The predicted molar refractivity (Wildman–Crippen MR) is 136 cm³/mol. The zero-order valence-electron chi connectivity index (χ0n) is 18.3. The van der Waals surface area contributed by atoms with Gasteiger partial charge in [-0.1, -0.05) is 72.8 Å². The van der Waals surface area contributed by atoms with Crippen molar-refractivity contribution in [3.05, 3.63) is 111 Å². The number of fused-ring (bicyclic) bond motifs is 4. The van der Waals surface area contributed by atoms with Crippen LogP contribution in [-0.4, -0.2) is 15.6 Å². The highest BCUT2D eigenvalue weighted by atomic mass is 32.1. The molecule has 6 rings (SSSR count). The molecule has 2 aromatic heterocycles. The minimum absolute atomic E-state index is 0.0844. The van der Waals surface area contributed by atoms with Gasteiger partial charge in [0.2, 0.25) is 0 Å². The van der Waals surface area contributed by atoms with E-state index in [4.69, 9.17) is 4.98 Å². The highest BCUT2D eigenvalue weighted by Crippen LogP contribution is 2.34. The Morgan fingerprint density at radius 2 is 1.82 bits per heavy atom. The van der Waals surface area contributed by atoms with Gasteiger partial charge >= 0.3 is 0 Å². The van der Waals surface area contributed by atoms with Crippen molar-refractivity contribution in [3.8, 4) is 0 Å². The molecule has 0 spiro atoms. The summed E-state index contributed by atoms with van der Waals surface area (Å²) in [4.78, 5) is 20.4. The molecule has 1 unspecified atom stereocenters. The largest absolute Gasteiger partial charge is 0.310 e. The van der Waals surface area contributed by atoms with Crippen molar-refractivity contribution in [3.63, 3.8) is 0 Å². The number of benzene rings is 3. The van der Waals surface area contributed by atoms with Gasteiger partial charge in [-0.25, -0.2) is 4.98 Å². The number of hydrogen-bond donors (Lipinski definition) is 1. The first kappa shape index (κ1) is 20.3. The van der Waals surface area contributed by atoms with Crippen molar-refractivity contribution < 1.29 is 0 Å². The summed E-state index contributed by atoms with van der Waals surface area (Å²) in [5.74, 6) is 0. The number of aromatic nitrogens is 2. The van der Waals surface area contributed by atoms with Gasteiger partial charge in [0.1, 0.15) is 4.83 Å². The van der Waals surface area contributed by atoms with Gasteiger partial charge in [0.05, 0.1) is 18.3 Å². The van der Waals surface area contributed by atoms with E-state index < -0.39 is 0 Å². The second-order valence-corrected chi connectivity index (χ2v) is 9.89. The minimum Gasteiger partial charge on any atom is -0.310 e. The molecular weight excluding hydrogens is 426 g/mol. The fourth-order valence-electron chi connectivity index (χ4n) is 4.96. The van der Waals surface area contributed by atoms with E-state index in [-0.39, 0.29) is 5.56 Å². The molecule has 2 heterocycles. The third-order valence-electron chi connectivity index (χ3n) is 6.69. The lowest BCUT2D eigenvalue weighted by Gasteiger charge is -2.23. The van der Waals surface area contributed by atoms with Crippen LogP contribution in [0.5, 0.6) is 0 Å². The maximum absolute atomic E-state index is 13.5. The van der Waals surface area contributed by atoms with E-state index in [9.17, 15) is 4.79 Å². The molecule has 0 saturated heterocycles. The normalized spacial score (nSPS) is 15.7. The summed E-state index contributed by atoms with van der Waals surface area (Å²) in [7, 11) is 0. The molecule has 4 nitrogen and oxygen atoms in total. The summed E-state index contributed by atoms with van der Waals surface area (Å²) in [6.07, 6.45) is 4.66. The average Bonchev–Trinajstić information content (AvgIpc) is 3.24. The van der Waals surface area contributed by atoms with Crippen molar-refractivity contribution in [2.24, 2.45) is 0 Å². The molecule has 0 amide bonds. The van der Waals surface area contributed by atoms with E-state index in [1.165, 1.54) is 26.8 Å². The van der Waals surface area contributed by atoms with Gasteiger partial charge in [-0.15, -0.1) is 11.3 Å². The zero-order chi connectivity index (χ0) is 22.2. The highest BCUT2D eigenvalue weighted by molar-refractivity contribution is 7.18. The number of aryl methyl sites for hydroxylation is 1. The summed E-state index contributed by atoms with van der Waals surface area (Å²) in [5, 5.41) is 6.91. The van der Waals surface area contributed by atoms with E-state index in [2.05, 4.69) is 59.9 Å². The van der Waals surface area contributed by atoms with Crippen molar-refractivity contribution in [1.29, 1.82) is 0 Å². The molecule has 0 aliphatic heterocycles. The Morgan fingerprint density at radius 1 is 1.00 bits per heavy atom. The molecule has 5 heteroatoms. The molecule has 1 atom stereocenters. The van der Waals surface area contributed by atoms with E-state index in [1.54, 1.807) is 22.2 Å². The molecule has 1 N–H and O–H groups in total. The number of thiophene rings is 1. The van der Waals surface area contributed by atoms with Crippen LogP contribution in [0.15, 0.2) is 83.9 Å². The lowest BCUT2D eigenvalue weighted by Crippen LogP contribution is -2.33. The van der Waals surface area contributed by atoms with Gasteiger partial charge in [-0.3, -0.25) is 9.36 Å². The fourth-order valence-corrected chi connectivity index (χ4v) is 6.22. The van der Waals surface area contributed by atoms with Gasteiger partial charge in [0.25, 0.3) is 5.56 Å². The number of hydrogen-bond acceptors (Lipinski definition) is 4. The SMILES string of the molecule is O=c1c2c3c(sc2ncn1Cc1cccc2ccccc12)CC(NCc1ccccc1)CC3. The number of nitrogens with one attached hydrogen (secondary N) is 1. The molecule has 0 saturated carbocycles. The molecule has 164 valence electrons. The van der Waals surface area contributed by atoms with E-state index in [0.717, 1.165) is 41.6 Å². The van der Waals surface area contributed by atoms with Gasteiger partial charge < -0.3 is 5.32 Å². The molecule has 5 aromatic rings. The minimum atomic E-state index is 0.0844. The smallest absolute Gasteiger partial charge is 0.262 e. The summed E-state index contributed by atoms with van der Waals surface area (Å²) in [5.41, 5.74) is 3.75. The van der Waals surface area contributed by atoms with Crippen LogP contribution in [0.3, 0.4) is 0 Å². The van der Waals surface area contributed by atoms with Crippen LogP contribution >= 0.6 is 11.3 Å². The first-order valence-corrected chi connectivity index (χ1v) is 12.3. The van der Waals surface area contributed by atoms with E-state index in [0.29, 0.717) is 12.6 Å². The van der Waals surface area contributed by atoms with Crippen LogP contribution in [0.25, 0.3) is 21.0 Å². The Hall–Kier alpha value is -3.28. The third-order valence-corrected chi connectivity index (χ3v) is 7.86. The van der Waals surface area contributed by atoms with E-state index in [1.807, 2.05) is 18.2 Å². The zero-order valence-corrected chi connectivity index (χ0v) is 19.1. The van der Waals surface area contributed by atoms with Crippen LogP contribution in [0.1, 0.15) is 28.0 Å². The van der Waals surface area contributed by atoms with Crippen LogP contribution in [-0.2, 0) is 25.9 Å². The molecule has 0 bridgehead atoms. The topological polar surface area (TPSA) is 46.9 Å². The number of nitrogens with zero attached hydrogens (tertiary/aromatic N) is 2. The van der Waals surface area contributed by atoms with Crippen molar-refractivity contribution in [2.75, 3.05) is 0 Å². The summed E-state index contributed by atoms with van der Waals surface area (Å²) in [6.45, 7) is 1.41. The maximum atomic E-state index is 13.5. The third kappa shape index (κ3) is 3.88. The fraction of sp³-hybridized carbons (Fsp3) is 0.214. The Balaban J connectivity index is 1.28. The van der Waals surface area contributed by atoms with Crippen molar-refractivity contribution >= 4 is 32.3 Å². The molecule has 0 radical (unpaired) electrons. The second kappa shape index (κ2) is 8.58. The van der Waals surface area contributed by atoms with Crippen molar-refractivity contribution in [2.45, 2.75) is 38.4 Å². The van der Waals surface area contributed by atoms with Gasteiger partial charge in [0, 0.05) is 17.5 Å². The highest BCUT2D eigenvalue weighted by Gasteiger charge is 2.25. The Labute approximate surface area is 196 Å². The quantitative estimate of drug-likeness (QED) is 0.394. The Bertz CT molecular complexity index is 1500. The monoisotopic (exact) mass is 451 g/mol. The number of rotatable bonds is 5. The molecule has 3 aromatic carbocycles. The van der Waals surface area contributed by atoms with Gasteiger partial charge in [-0.2, -0.15) is 0 Å². The van der Waals surface area contributed by atoms with Crippen LogP contribution in [0, 0.1) is 0 Å². The van der Waals surface area contributed by atoms with E-state index >= 15 is 0 Å². The van der Waals surface area contributed by atoms with Crippen LogP contribution < -0.4 is 10.9 Å². The first-order valence-electron chi connectivity index (χ1n) is 11.5. The molecule has 1 aliphatic rings. The predicted octanol–water partition coefficient (Wildman–Crippen LogP) is 5.31. The molecule has 0 fully saturated rings. The Kier molecular flexibility index (Phi) is 5.29. The maximum Gasteiger partial charge on any atom is 0.262 e. The lowest BCUT2D eigenvalue weighted by molar-refractivity contribution is 0.462. The Morgan fingerprint density at radius 3 is 2.73 bits per heavy atom. The summed E-state index contributed by atoms with van der Waals surface area (Å²) in [6, 6.07) is 25.6. The van der Waals surface area contributed by atoms with Gasteiger partial charge in [0.15, 0.2) is 0 Å². The molecule has 1 aliphatic carbocycles. The van der Waals surface area contributed by atoms with Crippen LogP contribution in [0.4, 0.5) is 0 Å². The van der Waals surface area contributed by atoms with Gasteiger partial charge in [-0.05, 0) is 46.7 Å². The van der Waals surface area contributed by atoms with Crippen molar-refractivity contribution in [1.82, 2.24) is 14.9 Å². The van der Waals surface area contributed by atoms with Crippen LogP contribution in [0.2, 0.25) is 0 Å². The molecular formula is C28H25N3OS. The second-order valence-electron chi connectivity index (χ2n) is 8.81.